The van der Waals surface area contributed by atoms with Gasteiger partial charge in [0.15, 0.2) is 13.2 Å². The monoisotopic (exact) mass is 418 g/mol. The zero-order valence-electron chi connectivity index (χ0n) is 16.2. The molecule has 8 nitrogen and oxygen atoms in total. The Morgan fingerprint density at radius 1 is 1.17 bits per heavy atom. The van der Waals surface area contributed by atoms with E-state index in [1.54, 1.807) is 49.5 Å². The van der Waals surface area contributed by atoms with Crippen LogP contribution in [0.1, 0.15) is 11.1 Å². The van der Waals surface area contributed by atoms with Crippen LogP contribution >= 0.6 is 11.6 Å². The minimum absolute atomic E-state index is 0.124. The number of benzene rings is 2. The Bertz CT molecular complexity index is 904. The molecule has 2 rings (SSSR count). The first-order valence-corrected chi connectivity index (χ1v) is 9.11. The number of amides is 2. The fraction of sp³-hybridized carbons (Fsp3) is 0.250. The molecule has 0 aliphatic rings. The number of ether oxygens (including phenoxy) is 2. The molecule has 0 unspecified atom stereocenters. The molecule has 2 amide bonds. The Morgan fingerprint density at radius 2 is 1.93 bits per heavy atom. The Labute approximate surface area is 174 Å². The summed E-state index contributed by atoms with van der Waals surface area (Å²) in [4.78, 5) is 25.4. The summed E-state index contributed by atoms with van der Waals surface area (Å²) in [7, 11) is 3.13. The molecule has 0 radical (unpaired) electrons. The number of carbonyl (C=O) groups is 2. The lowest BCUT2D eigenvalue weighted by molar-refractivity contribution is -0.132. The number of amidine groups is 1. The highest BCUT2D eigenvalue weighted by Crippen LogP contribution is 2.22. The molecule has 0 aliphatic carbocycles. The van der Waals surface area contributed by atoms with E-state index in [-0.39, 0.29) is 37.4 Å². The van der Waals surface area contributed by atoms with Crippen molar-refractivity contribution >= 4 is 29.3 Å². The van der Waals surface area contributed by atoms with Gasteiger partial charge in [0.1, 0.15) is 17.3 Å². The van der Waals surface area contributed by atoms with E-state index in [0.29, 0.717) is 27.6 Å². The Kier molecular flexibility index (Phi) is 7.85. The molecule has 154 valence electrons. The number of carbonyl (C=O) groups excluding carboxylic acids is 2. The third-order valence-corrected chi connectivity index (χ3v) is 4.24. The van der Waals surface area contributed by atoms with Crippen LogP contribution in [-0.4, -0.2) is 49.9 Å². The Morgan fingerprint density at radius 3 is 2.59 bits per heavy atom. The second-order valence-corrected chi connectivity index (χ2v) is 6.63. The fourth-order valence-corrected chi connectivity index (χ4v) is 2.54. The molecular formula is C20H23ClN4O4. The number of nitrogens with two attached hydrogens (primary N) is 1. The summed E-state index contributed by atoms with van der Waals surface area (Å²) in [6.45, 7) is -0.129. The van der Waals surface area contributed by atoms with Crippen LogP contribution in [0.3, 0.4) is 0 Å². The van der Waals surface area contributed by atoms with Crippen LogP contribution in [0.15, 0.2) is 42.5 Å². The van der Waals surface area contributed by atoms with Gasteiger partial charge < -0.3 is 25.4 Å². The van der Waals surface area contributed by atoms with E-state index in [1.807, 2.05) is 0 Å². The molecule has 0 saturated heterocycles. The molecular weight excluding hydrogens is 396 g/mol. The molecule has 0 bridgehead atoms. The maximum atomic E-state index is 12.4. The first-order chi connectivity index (χ1) is 13.8. The maximum absolute atomic E-state index is 12.4. The lowest BCUT2D eigenvalue weighted by atomic mass is 10.1. The molecule has 0 fully saturated rings. The van der Waals surface area contributed by atoms with E-state index in [1.165, 1.54) is 11.9 Å². The van der Waals surface area contributed by atoms with Crippen LogP contribution in [0.5, 0.6) is 11.5 Å². The zero-order chi connectivity index (χ0) is 21.4. The van der Waals surface area contributed by atoms with Crippen molar-refractivity contribution in [2.75, 3.05) is 27.3 Å². The van der Waals surface area contributed by atoms with Gasteiger partial charge in [-0.2, -0.15) is 0 Å². The molecule has 0 heterocycles. The second kappa shape index (κ2) is 10.3. The highest BCUT2D eigenvalue weighted by atomic mass is 35.5. The zero-order valence-corrected chi connectivity index (χ0v) is 17.0. The van der Waals surface area contributed by atoms with Gasteiger partial charge in [-0.25, -0.2) is 0 Å². The molecule has 0 saturated carbocycles. The van der Waals surface area contributed by atoms with Crippen molar-refractivity contribution in [1.82, 2.24) is 10.2 Å². The van der Waals surface area contributed by atoms with E-state index >= 15 is 0 Å². The summed E-state index contributed by atoms with van der Waals surface area (Å²) < 4.78 is 11.0. The number of halogens is 1. The van der Waals surface area contributed by atoms with Crippen LogP contribution in [0.4, 0.5) is 0 Å². The van der Waals surface area contributed by atoms with Crippen LogP contribution in [0.25, 0.3) is 0 Å². The average Bonchev–Trinajstić information content (AvgIpc) is 2.70. The summed E-state index contributed by atoms with van der Waals surface area (Å²) in [5.41, 5.74) is 6.65. The van der Waals surface area contributed by atoms with Crippen molar-refractivity contribution in [2.45, 2.75) is 6.54 Å². The normalized spacial score (nSPS) is 10.2. The summed E-state index contributed by atoms with van der Waals surface area (Å²) in [5.74, 6) is 0.193. The summed E-state index contributed by atoms with van der Waals surface area (Å²) in [6, 6.07) is 11.7. The lowest BCUT2D eigenvalue weighted by Gasteiger charge is -2.20. The molecule has 0 aliphatic heterocycles. The van der Waals surface area contributed by atoms with Gasteiger partial charge in [-0.1, -0.05) is 29.8 Å². The van der Waals surface area contributed by atoms with Crippen molar-refractivity contribution in [1.29, 1.82) is 5.41 Å². The number of likely N-dealkylation sites (N-methyl/N-ethyl adjacent to an activating group) is 2. The first-order valence-electron chi connectivity index (χ1n) is 8.73. The van der Waals surface area contributed by atoms with E-state index in [9.17, 15) is 9.59 Å². The van der Waals surface area contributed by atoms with E-state index in [2.05, 4.69) is 5.32 Å². The lowest BCUT2D eigenvalue weighted by Crippen LogP contribution is -2.31. The van der Waals surface area contributed by atoms with E-state index < -0.39 is 0 Å². The molecule has 2 aromatic carbocycles. The van der Waals surface area contributed by atoms with Gasteiger partial charge >= 0.3 is 0 Å². The number of hydrogen-bond acceptors (Lipinski definition) is 5. The molecule has 0 spiro atoms. The third-order valence-electron chi connectivity index (χ3n) is 4.01. The molecule has 0 atom stereocenters. The Hall–Kier alpha value is -3.26. The van der Waals surface area contributed by atoms with Gasteiger partial charge in [0.25, 0.3) is 11.8 Å². The second-order valence-electron chi connectivity index (χ2n) is 6.19. The molecule has 29 heavy (non-hydrogen) atoms. The first kappa shape index (κ1) is 22.0. The highest BCUT2D eigenvalue weighted by Gasteiger charge is 2.15. The average molecular weight is 419 g/mol. The predicted molar refractivity (Wildman–Crippen MR) is 110 cm³/mol. The number of rotatable bonds is 9. The minimum Gasteiger partial charge on any atom is -0.484 e. The molecule has 0 aromatic heterocycles. The quantitative estimate of drug-likeness (QED) is 0.424. The van der Waals surface area contributed by atoms with Gasteiger partial charge in [-0.15, -0.1) is 0 Å². The predicted octanol–water partition coefficient (Wildman–Crippen LogP) is 1.79. The third kappa shape index (κ3) is 6.69. The summed E-state index contributed by atoms with van der Waals surface area (Å²) >= 11 is 5.90. The van der Waals surface area contributed by atoms with E-state index in [0.717, 1.165) is 0 Å². The number of nitrogens with one attached hydrogen (secondary N) is 2. The van der Waals surface area contributed by atoms with Crippen LogP contribution in [0, 0.1) is 5.41 Å². The standard InChI is InChI=1S/C20H23ClN4O4/c1-24-18(26)11-29-17-8-13(20(22)23)6-7-14(17)10-25(2)19(27)12-28-16-5-3-4-15(21)9-16/h3-9H,10-12H2,1-2H3,(H3,22,23)(H,24,26). The van der Waals surface area contributed by atoms with Crippen LogP contribution in [0.2, 0.25) is 5.02 Å². The topological polar surface area (TPSA) is 118 Å². The number of nitrogen functional groups attached to an aromatic ring is 1. The van der Waals surface area contributed by atoms with Crippen molar-refractivity contribution < 1.29 is 19.1 Å². The van der Waals surface area contributed by atoms with Gasteiger partial charge in [0.05, 0.1) is 0 Å². The highest BCUT2D eigenvalue weighted by molar-refractivity contribution is 6.30. The van der Waals surface area contributed by atoms with Gasteiger partial charge in [-0.3, -0.25) is 15.0 Å². The summed E-state index contributed by atoms with van der Waals surface area (Å²) in [6.07, 6.45) is 0. The van der Waals surface area contributed by atoms with Crippen LogP contribution in [-0.2, 0) is 16.1 Å². The van der Waals surface area contributed by atoms with Crippen molar-refractivity contribution in [3.63, 3.8) is 0 Å². The Balaban J connectivity index is 2.06. The smallest absolute Gasteiger partial charge is 0.260 e. The molecule has 9 heteroatoms. The van der Waals surface area contributed by atoms with Crippen molar-refractivity contribution in [3.8, 4) is 11.5 Å². The SMILES string of the molecule is CNC(=O)COc1cc(C(=N)N)ccc1CN(C)C(=O)COc1cccc(Cl)c1. The number of nitrogens with zero attached hydrogens (tertiary/aromatic N) is 1. The molecule has 2 aromatic rings. The van der Waals surface area contributed by atoms with E-state index in [4.69, 9.17) is 32.2 Å². The van der Waals surface area contributed by atoms with Crippen molar-refractivity contribution in [2.24, 2.45) is 5.73 Å². The largest absolute Gasteiger partial charge is 0.484 e. The van der Waals surface area contributed by atoms with Crippen molar-refractivity contribution in [3.05, 3.63) is 58.6 Å². The fourth-order valence-electron chi connectivity index (χ4n) is 2.36. The van der Waals surface area contributed by atoms with Gasteiger partial charge in [0, 0.05) is 36.8 Å². The van der Waals surface area contributed by atoms with Gasteiger partial charge in [-0.05, 0) is 24.3 Å². The maximum Gasteiger partial charge on any atom is 0.260 e. The number of hydrogen-bond donors (Lipinski definition) is 3. The summed E-state index contributed by atoms with van der Waals surface area (Å²) in [5, 5.41) is 10.6. The van der Waals surface area contributed by atoms with Crippen LogP contribution < -0.4 is 20.5 Å². The van der Waals surface area contributed by atoms with Gasteiger partial charge in [0.2, 0.25) is 0 Å². The molecule has 4 N–H and O–H groups in total. The minimum atomic E-state index is -0.302.